The van der Waals surface area contributed by atoms with Gasteiger partial charge in [-0.05, 0) is 34.6 Å². The molecular formula is C15H26N4O2. The predicted molar refractivity (Wildman–Crippen MR) is 81.2 cm³/mol. The lowest BCUT2D eigenvalue weighted by Crippen LogP contribution is -2.50. The van der Waals surface area contributed by atoms with Crippen LogP contribution in [0.3, 0.4) is 0 Å². The molecule has 1 fully saturated rings. The van der Waals surface area contributed by atoms with Crippen molar-refractivity contribution >= 4 is 6.09 Å². The molecule has 1 atom stereocenters. The Kier molecular flexibility index (Phi) is 4.27. The number of amides is 1. The highest BCUT2D eigenvalue weighted by molar-refractivity contribution is 5.69. The summed E-state index contributed by atoms with van der Waals surface area (Å²) < 4.78 is 7.42. The predicted octanol–water partition coefficient (Wildman–Crippen LogP) is 1.92. The molecule has 6 heteroatoms. The Labute approximate surface area is 126 Å². The lowest BCUT2D eigenvalue weighted by Gasteiger charge is -2.37. The van der Waals surface area contributed by atoms with Crippen LogP contribution in [0, 0.1) is 13.8 Å². The van der Waals surface area contributed by atoms with Gasteiger partial charge < -0.3 is 10.1 Å². The van der Waals surface area contributed by atoms with Crippen LogP contribution in [0.2, 0.25) is 0 Å². The summed E-state index contributed by atoms with van der Waals surface area (Å²) in [6.45, 7) is 11.9. The zero-order chi connectivity index (χ0) is 15.8. The van der Waals surface area contributed by atoms with Gasteiger partial charge in [-0.25, -0.2) is 4.79 Å². The molecule has 21 heavy (non-hydrogen) atoms. The normalized spacial score (nSPS) is 19.7. The van der Waals surface area contributed by atoms with E-state index in [1.54, 1.807) is 0 Å². The summed E-state index contributed by atoms with van der Waals surface area (Å²) in [6, 6.07) is -0.0256. The molecule has 0 aliphatic carbocycles. The van der Waals surface area contributed by atoms with Crippen LogP contribution in [-0.4, -0.2) is 46.0 Å². The monoisotopic (exact) mass is 294 g/mol. The smallest absolute Gasteiger partial charge is 0.410 e. The Hall–Kier alpha value is -1.56. The Morgan fingerprint density at radius 2 is 2.05 bits per heavy atom. The third-order valence-electron chi connectivity index (χ3n) is 3.77. The molecule has 0 saturated carbocycles. The number of piperazine rings is 1. The van der Waals surface area contributed by atoms with E-state index in [-0.39, 0.29) is 12.1 Å². The molecule has 1 aromatic heterocycles. The average Bonchev–Trinajstić information content (AvgIpc) is 2.61. The van der Waals surface area contributed by atoms with Crippen molar-refractivity contribution in [2.24, 2.45) is 7.05 Å². The van der Waals surface area contributed by atoms with Gasteiger partial charge in [0.2, 0.25) is 0 Å². The van der Waals surface area contributed by atoms with E-state index < -0.39 is 5.60 Å². The summed E-state index contributed by atoms with van der Waals surface area (Å²) in [4.78, 5) is 14.3. The lowest BCUT2D eigenvalue weighted by molar-refractivity contribution is 0.0117. The van der Waals surface area contributed by atoms with Crippen molar-refractivity contribution in [3.63, 3.8) is 0 Å². The highest BCUT2D eigenvalue weighted by Crippen LogP contribution is 2.29. The molecule has 2 heterocycles. The maximum absolute atomic E-state index is 12.5. The summed E-state index contributed by atoms with van der Waals surface area (Å²) in [7, 11) is 1.93. The van der Waals surface area contributed by atoms with Gasteiger partial charge in [0.05, 0.1) is 11.7 Å². The van der Waals surface area contributed by atoms with Crippen LogP contribution in [-0.2, 0) is 11.8 Å². The molecule has 0 aromatic carbocycles. The van der Waals surface area contributed by atoms with Crippen molar-refractivity contribution in [2.45, 2.75) is 46.3 Å². The topological polar surface area (TPSA) is 59.4 Å². The standard InChI is InChI=1S/C15H26N4O2/c1-10-13(11(2)18(6)17-10)12-9-16-7-8-19(12)14(20)21-15(3,4)5/h12,16H,7-9H2,1-6H3. The minimum atomic E-state index is -0.481. The van der Waals surface area contributed by atoms with Crippen molar-refractivity contribution in [1.29, 1.82) is 0 Å². The second-order valence-corrected chi connectivity index (χ2v) is 6.60. The molecule has 1 amide bonds. The Morgan fingerprint density at radius 1 is 1.38 bits per heavy atom. The maximum atomic E-state index is 12.5. The van der Waals surface area contributed by atoms with Crippen LogP contribution < -0.4 is 5.32 Å². The molecule has 1 unspecified atom stereocenters. The minimum Gasteiger partial charge on any atom is -0.444 e. The van der Waals surface area contributed by atoms with Crippen LogP contribution in [0.5, 0.6) is 0 Å². The van der Waals surface area contributed by atoms with E-state index in [0.29, 0.717) is 6.54 Å². The fourth-order valence-corrected chi connectivity index (χ4v) is 2.77. The van der Waals surface area contributed by atoms with Crippen LogP contribution in [0.15, 0.2) is 0 Å². The highest BCUT2D eigenvalue weighted by Gasteiger charge is 2.34. The van der Waals surface area contributed by atoms with Crippen molar-refractivity contribution in [3.8, 4) is 0 Å². The highest BCUT2D eigenvalue weighted by atomic mass is 16.6. The first-order valence-corrected chi connectivity index (χ1v) is 7.41. The third kappa shape index (κ3) is 3.37. The molecule has 1 saturated heterocycles. The zero-order valence-corrected chi connectivity index (χ0v) is 13.9. The molecule has 2 rings (SSSR count). The maximum Gasteiger partial charge on any atom is 0.410 e. The number of carbonyl (C=O) groups excluding carboxylic acids is 1. The quantitative estimate of drug-likeness (QED) is 0.859. The molecular weight excluding hydrogens is 268 g/mol. The van der Waals surface area contributed by atoms with Gasteiger partial charge in [-0.2, -0.15) is 5.10 Å². The second-order valence-electron chi connectivity index (χ2n) is 6.60. The molecule has 6 nitrogen and oxygen atoms in total. The van der Waals surface area contributed by atoms with Crippen molar-refractivity contribution < 1.29 is 9.53 Å². The van der Waals surface area contributed by atoms with Crippen molar-refractivity contribution in [1.82, 2.24) is 20.0 Å². The average molecular weight is 294 g/mol. The number of aromatic nitrogens is 2. The second kappa shape index (κ2) is 5.67. The number of hydrogen-bond donors (Lipinski definition) is 1. The molecule has 0 radical (unpaired) electrons. The van der Waals surface area contributed by atoms with E-state index >= 15 is 0 Å². The van der Waals surface area contributed by atoms with Gasteiger partial charge in [-0.15, -0.1) is 0 Å². The molecule has 1 N–H and O–H groups in total. The minimum absolute atomic E-state index is 0.0256. The Bertz CT molecular complexity index is 531. The van der Waals surface area contributed by atoms with E-state index in [4.69, 9.17) is 4.74 Å². The number of ether oxygens (including phenoxy) is 1. The lowest BCUT2D eigenvalue weighted by atomic mass is 10.0. The van der Waals surface area contributed by atoms with Gasteiger partial charge in [0.25, 0.3) is 0 Å². The SMILES string of the molecule is Cc1nn(C)c(C)c1C1CNCCN1C(=O)OC(C)(C)C. The van der Waals surface area contributed by atoms with Crippen molar-refractivity contribution in [3.05, 3.63) is 17.0 Å². The zero-order valence-electron chi connectivity index (χ0n) is 13.9. The molecule has 1 aliphatic rings. The first-order chi connectivity index (χ1) is 9.70. The summed E-state index contributed by atoms with van der Waals surface area (Å²) in [5, 5.41) is 7.82. The number of carbonyl (C=O) groups is 1. The summed E-state index contributed by atoms with van der Waals surface area (Å²) in [5.74, 6) is 0. The fraction of sp³-hybridized carbons (Fsp3) is 0.733. The van der Waals surface area contributed by atoms with Crippen LogP contribution in [0.25, 0.3) is 0 Å². The summed E-state index contributed by atoms with van der Waals surface area (Å²) in [6.07, 6.45) is -0.253. The van der Waals surface area contributed by atoms with Gasteiger partial charge in [0, 0.05) is 37.9 Å². The Morgan fingerprint density at radius 3 is 2.57 bits per heavy atom. The van der Waals surface area contributed by atoms with E-state index in [0.717, 1.165) is 30.0 Å². The third-order valence-corrected chi connectivity index (χ3v) is 3.77. The molecule has 1 aromatic rings. The van der Waals surface area contributed by atoms with Gasteiger partial charge in [0.15, 0.2) is 0 Å². The van der Waals surface area contributed by atoms with E-state index in [1.807, 2.05) is 51.2 Å². The van der Waals surface area contributed by atoms with Crippen LogP contribution >= 0.6 is 0 Å². The van der Waals surface area contributed by atoms with Gasteiger partial charge in [0.1, 0.15) is 5.60 Å². The number of nitrogens with one attached hydrogen (secondary N) is 1. The largest absolute Gasteiger partial charge is 0.444 e. The van der Waals surface area contributed by atoms with Gasteiger partial charge >= 0.3 is 6.09 Å². The first kappa shape index (κ1) is 15.8. The van der Waals surface area contributed by atoms with Crippen molar-refractivity contribution in [2.75, 3.05) is 19.6 Å². The molecule has 1 aliphatic heterocycles. The summed E-state index contributed by atoms with van der Waals surface area (Å²) in [5.41, 5.74) is 2.70. The molecule has 0 spiro atoms. The molecule has 118 valence electrons. The first-order valence-electron chi connectivity index (χ1n) is 7.41. The van der Waals surface area contributed by atoms with Gasteiger partial charge in [-0.1, -0.05) is 0 Å². The van der Waals surface area contributed by atoms with E-state index in [9.17, 15) is 4.79 Å². The number of nitrogens with zero attached hydrogens (tertiary/aromatic N) is 3. The fourth-order valence-electron chi connectivity index (χ4n) is 2.77. The molecule has 0 bridgehead atoms. The number of rotatable bonds is 1. The number of aryl methyl sites for hydroxylation is 2. The van der Waals surface area contributed by atoms with Gasteiger partial charge in [-0.3, -0.25) is 9.58 Å². The summed E-state index contributed by atoms with van der Waals surface area (Å²) >= 11 is 0. The number of hydrogen-bond acceptors (Lipinski definition) is 4. The van der Waals surface area contributed by atoms with E-state index in [2.05, 4.69) is 10.4 Å². The van der Waals surface area contributed by atoms with Crippen LogP contribution in [0.1, 0.15) is 43.8 Å². The van der Waals surface area contributed by atoms with E-state index in [1.165, 1.54) is 0 Å². The van der Waals surface area contributed by atoms with Crippen LogP contribution in [0.4, 0.5) is 4.79 Å². The Balaban J connectivity index is 2.29.